The van der Waals surface area contributed by atoms with E-state index >= 15 is 0 Å². The minimum Gasteiger partial charge on any atom is -0.300 e. The Balaban J connectivity index is 1.98. The molecule has 22 heavy (non-hydrogen) atoms. The summed E-state index contributed by atoms with van der Waals surface area (Å²) in [6, 6.07) is 0. The van der Waals surface area contributed by atoms with Gasteiger partial charge in [0.1, 0.15) is 0 Å². The fourth-order valence-electron chi connectivity index (χ4n) is 2.13. The maximum absolute atomic E-state index is 11.6. The average Bonchev–Trinajstić information content (AvgIpc) is 2.45. The number of aromatic nitrogens is 4. The van der Waals surface area contributed by atoms with E-state index in [1.165, 1.54) is 21.5 Å². The lowest BCUT2D eigenvalue weighted by Gasteiger charge is -2.07. The van der Waals surface area contributed by atoms with E-state index in [0.29, 0.717) is 37.1 Å². The van der Waals surface area contributed by atoms with Crippen LogP contribution < -0.4 is 22.5 Å². The second-order valence-electron chi connectivity index (χ2n) is 5.24. The first kappa shape index (κ1) is 15.7. The van der Waals surface area contributed by atoms with E-state index in [2.05, 4.69) is 9.97 Å². The molecular formula is C14H18N4O4. The molecule has 0 saturated carbocycles. The minimum atomic E-state index is -0.437. The summed E-state index contributed by atoms with van der Waals surface area (Å²) in [6.45, 7) is 4.18. The highest BCUT2D eigenvalue weighted by atomic mass is 16.2. The van der Waals surface area contributed by atoms with Crippen molar-refractivity contribution >= 4 is 0 Å². The summed E-state index contributed by atoms with van der Waals surface area (Å²) < 4.78 is 2.88. The molecule has 0 saturated heterocycles. The summed E-state index contributed by atoms with van der Waals surface area (Å²) in [7, 11) is 0. The Hall–Kier alpha value is -2.64. The highest BCUT2D eigenvalue weighted by molar-refractivity contribution is 5.01. The zero-order valence-corrected chi connectivity index (χ0v) is 12.5. The van der Waals surface area contributed by atoms with Crippen LogP contribution in [0.2, 0.25) is 0 Å². The summed E-state index contributed by atoms with van der Waals surface area (Å²) in [6.07, 6.45) is 4.38. The van der Waals surface area contributed by atoms with Crippen molar-refractivity contribution in [1.29, 1.82) is 0 Å². The number of H-pyrrole nitrogens is 2. The van der Waals surface area contributed by atoms with Crippen molar-refractivity contribution in [3.63, 3.8) is 0 Å². The molecule has 0 aromatic carbocycles. The highest BCUT2D eigenvalue weighted by Crippen LogP contribution is 1.96. The van der Waals surface area contributed by atoms with E-state index in [1.807, 2.05) is 0 Å². The summed E-state index contributed by atoms with van der Waals surface area (Å²) in [4.78, 5) is 50.2. The lowest BCUT2D eigenvalue weighted by atomic mass is 10.3. The molecule has 2 rings (SSSR count). The first-order valence-corrected chi connectivity index (χ1v) is 6.99. The molecule has 2 heterocycles. The highest BCUT2D eigenvalue weighted by Gasteiger charge is 2.03. The zero-order valence-electron chi connectivity index (χ0n) is 12.5. The molecule has 0 unspecified atom stereocenters. The van der Waals surface area contributed by atoms with Crippen LogP contribution in [0.25, 0.3) is 0 Å². The van der Waals surface area contributed by atoms with Gasteiger partial charge in [-0.2, -0.15) is 0 Å². The molecule has 0 fully saturated rings. The van der Waals surface area contributed by atoms with Gasteiger partial charge in [-0.15, -0.1) is 0 Å². The van der Waals surface area contributed by atoms with Crippen molar-refractivity contribution in [3.05, 3.63) is 65.2 Å². The molecule has 2 aromatic heterocycles. The van der Waals surface area contributed by atoms with E-state index < -0.39 is 11.4 Å². The summed E-state index contributed by atoms with van der Waals surface area (Å²) in [5.74, 6) is 0. The third-order valence-electron chi connectivity index (χ3n) is 3.43. The summed E-state index contributed by atoms with van der Waals surface area (Å²) in [5.41, 5.74) is -0.674. The molecule has 0 bridgehead atoms. The van der Waals surface area contributed by atoms with Gasteiger partial charge in [0.25, 0.3) is 11.1 Å². The largest absolute Gasteiger partial charge is 0.328 e. The van der Waals surface area contributed by atoms with Gasteiger partial charge in [0.05, 0.1) is 0 Å². The molecule has 0 amide bonds. The molecule has 8 heteroatoms. The van der Waals surface area contributed by atoms with Crippen LogP contribution >= 0.6 is 0 Å². The first-order valence-electron chi connectivity index (χ1n) is 6.99. The SMILES string of the molecule is Cc1cn(CCCCn2cc(C)c(=O)[nH]c2=O)c(=O)[nH]c1=O. The lowest BCUT2D eigenvalue weighted by Crippen LogP contribution is -2.31. The number of aryl methyl sites for hydroxylation is 4. The van der Waals surface area contributed by atoms with Crippen LogP contribution in [0.1, 0.15) is 24.0 Å². The molecule has 2 aromatic rings. The molecular weight excluding hydrogens is 288 g/mol. The number of hydrogen-bond donors (Lipinski definition) is 2. The zero-order chi connectivity index (χ0) is 16.3. The Kier molecular flexibility index (Phi) is 4.59. The first-order chi connectivity index (χ1) is 10.4. The van der Waals surface area contributed by atoms with Gasteiger partial charge in [-0.1, -0.05) is 0 Å². The van der Waals surface area contributed by atoms with Crippen LogP contribution in [0.4, 0.5) is 0 Å². The predicted molar refractivity (Wildman–Crippen MR) is 81.4 cm³/mol. The molecule has 8 nitrogen and oxygen atoms in total. The number of hydrogen-bond acceptors (Lipinski definition) is 4. The molecule has 0 spiro atoms. The van der Waals surface area contributed by atoms with Gasteiger partial charge in [0, 0.05) is 36.6 Å². The molecule has 0 radical (unpaired) electrons. The van der Waals surface area contributed by atoms with Gasteiger partial charge >= 0.3 is 11.4 Å². The van der Waals surface area contributed by atoms with E-state index in [4.69, 9.17) is 0 Å². The van der Waals surface area contributed by atoms with Gasteiger partial charge in [-0.05, 0) is 26.7 Å². The maximum Gasteiger partial charge on any atom is 0.328 e. The van der Waals surface area contributed by atoms with Gasteiger partial charge in [-0.25, -0.2) is 9.59 Å². The third-order valence-corrected chi connectivity index (χ3v) is 3.43. The van der Waals surface area contributed by atoms with E-state index in [1.54, 1.807) is 13.8 Å². The van der Waals surface area contributed by atoms with Crippen LogP contribution in [0, 0.1) is 13.8 Å². The summed E-state index contributed by atoms with van der Waals surface area (Å²) in [5, 5.41) is 0. The van der Waals surface area contributed by atoms with Crippen molar-refractivity contribution in [2.24, 2.45) is 0 Å². The standard InChI is InChI=1S/C14H18N4O4/c1-9-7-17(13(21)15-11(9)19)5-3-4-6-18-8-10(2)12(20)16-14(18)22/h7-8H,3-6H2,1-2H3,(H,15,19,21)(H,16,20,22). The van der Waals surface area contributed by atoms with Crippen molar-refractivity contribution in [2.75, 3.05) is 0 Å². The minimum absolute atomic E-state index is 0.378. The van der Waals surface area contributed by atoms with Crippen LogP contribution in [-0.2, 0) is 13.1 Å². The Morgan fingerprint density at radius 1 is 0.773 bits per heavy atom. The van der Waals surface area contributed by atoms with Crippen LogP contribution in [0.3, 0.4) is 0 Å². The van der Waals surface area contributed by atoms with Gasteiger partial charge in [0.2, 0.25) is 0 Å². The number of nitrogens with one attached hydrogen (secondary N) is 2. The molecule has 0 aliphatic rings. The van der Waals surface area contributed by atoms with Gasteiger partial charge in [-0.3, -0.25) is 19.6 Å². The topological polar surface area (TPSA) is 110 Å². The van der Waals surface area contributed by atoms with Crippen molar-refractivity contribution in [1.82, 2.24) is 19.1 Å². The summed E-state index contributed by atoms with van der Waals surface area (Å²) >= 11 is 0. The van der Waals surface area contributed by atoms with Crippen molar-refractivity contribution in [3.8, 4) is 0 Å². The number of nitrogens with zero attached hydrogens (tertiary/aromatic N) is 2. The monoisotopic (exact) mass is 306 g/mol. The van der Waals surface area contributed by atoms with E-state index in [-0.39, 0.29) is 11.1 Å². The number of rotatable bonds is 5. The molecule has 0 aliphatic heterocycles. The smallest absolute Gasteiger partial charge is 0.300 e. The fourth-order valence-corrected chi connectivity index (χ4v) is 2.13. The second kappa shape index (κ2) is 6.42. The molecule has 118 valence electrons. The van der Waals surface area contributed by atoms with Crippen molar-refractivity contribution in [2.45, 2.75) is 39.8 Å². The Bertz CT molecular complexity index is 825. The fraction of sp³-hybridized carbons (Fsp3) is 0.429. The Labute approximate surface area is 125 Å². The number of aromatic amines is 2. The maximum atomic E-state index is 11.6. The third kappa shape index (κ3) is 3.51. The quantitative estimate of drug-likeness (QED) is 0.724. The normalized spacial score (nSPS) is 10.8. The predicted octanol–water partition coefficient (Wildman–Crippen LogP) is -0.516. The van der Waals surface area contributed by atoms with Gasteiger partial charge in [0.15, 0.2) is 0 Å². The molecule has 2 N–H and O–H groups in total. The lowest BCUT2D eigenvalue weighted by molar-refractivity contribution is 0.522. The van der Waals surface area contributed by atoms with Gasteiger partial charge < -0.3 is 9.13 Å². The molecule has 0 aliphatic carbocycles. The Morgan fingerprint density at radius 3 is 1.50 bits per heavy atom. The van der Waals surface area contributed by atoms with E-state index in [9.17, 15) is 19.2 Å². The molecule has 0 atom stereocenters. The van der Waals surface area contributed by atoms with Crippen molar-refractivity contribution < 1.29 is 0 Å². The second-order valence-corrected chi connectivity index (χ2v) is 5.24. The van der Waals surface area contributed by atoms with Crippen LogP contribution in [-0.4, -0.2) is 19.1 Å². The average molecular weight is 306 g/mol. The Morgan fingerprint density at radius 2 is 1.14 bits per heavy atom. The van der Waals surface area contributed by atoms with Crippen LogP contribution in [0.15, 0.2) is 31.6 Å². The number of unbranched alkanes of at least 4 members (excludes halogenated alkanes) is 1. The van der Waals surface area contributed by atoms with E-state index in [0.717, 1.165) is 0 Å². The van der Waals surface area contributed by atoms with Crippen LogP contribution in [0.5, 0.6) is 0 Å².